The fourth-order valence-corrected chi connectivity index (χ4v) is 7.86. The third kappa shape index (κ3) is 1.87. The molecule has 26 heavy (non-hydrogen) atoms. The predicted octanol–water partition coefficient (Wildman–Crippen LogP) is 1.81. The number of hydrogen-bond acceptors (Lipinski definition) is 7. The van der Waals surface area contributed by atoms with Gasteiger partial charge in [-0.2, -0.15) is 0 Å². The van der Waals surface area contributed by atoms with Crippen LogP contribution in [-0.4, -0.2) is 56.5 Å². The number of piperazine rings is 1. The quantitative estimate of drug-likeness (QED) is 0.560. The number of pyridine rings is 1. The summed E-state index contributed by atoms with van der Waals surface area (Å²) in [6.07, 6.45) is 3.49. The van der Waals surface area contributed by atoms with Crippen LogP contribution in [0.2, 0.25) is 0 Å². The summed E-state index contributed by atoms with van der Waals surface area (Å²) in [6, 6.07) is 2.99. The number of fused-ring (bicyclic) bond motifs is 2. The maximum absolute atomic E-state index is 13.4. The molecular weight excluding hydrogens is 374 g/mol. The van der Waals surface area contributed by atoms with Crippen LogP contribution < -0.4 is 0 Å². The molecule has 2 bridgehead atoms. The molecule has 5 heterocycles. The smallest absolute Gasteiger partial charge is 0.314 e. The van der Waals surface area contributed by atoms with Crippen molar-refractivity contribution < 1.29 is 19.1 Å². The molecule has 4 saturated heterocycles. The second-order valence-corrected chi connectivity index (χ2v) is 10.1. The molecule has 4 aliphatic rings. The van der Waals surface area contributed by atoms with Crippen LogP contribution in [-0.2, 0) is 19.1 Å². The van der Waals surface area contributed by atoms with E-state index >= 15 is 0 Å². The molecule has 5 rings (SSSR count). The summed E-state index contributed by atoms with van der Waals surface area (Å²) in [5.74, 6) is -0.743. The molecule has 1 aromatic heterocycles. The Hall–Kier alpha value is -1.74. The van der Waals surface area contributed by atoms with E-state index in [1.165, 1.54) is 33.6 Å². The Morgan fingerprint density at radius 2 is 2.04 bits per heavy atom. The van der Waals surface area contributed by atoms with Gasteiger partial charge < -0.3 is 14.5 Å². The summed E-state index contributed by atoms with van der Waals surface area (Å²) in [6.45, 7) is 3.52. The highest BCUT2D eigenvalue weighted by Gasteiger charge is 2.76. The van der Waals surface area contributed by atoms with Gasteiger partial charge in [0.25, 0.3) is 11.8 Å². The van der Waals surface area contributed by atoms with Crippen molar-refractivity contribution in [2.75, 3.05) is 14.2 Å². The minimum atomic E-state index is -1.11. The van der Waals surface area contributed by atoms with E-state index in [0.29, 0.717) is 0 Å². The topological polar surface area (TPSA) is 79.8 Å². The zero-order valence-electron chi connectivity index (χ0n) is 14.9. The van der Waals surface area contributed by atoms with E-state index in [0.717, 1.165) is 5.56 Å². The number of nitrogens with zero attached hydrogens (tertiary/aromatic N) is 3. The number of esters is 1. The lowest BCUT2D eigenvalue weighted by Gasteiger charge is -2.57. The lowest BCUT2D eigenvalue weighted by atomic mass is 9.78. The molecule has 2 amide bonds. The number of amides is 2. The Kier molecular flexibility index (Phi) is 3.66. The predicted molar refractivity (Wildman–Crippen MR) is 97.7 cm³/mol. The molecule has 0 aromatic carbocycles. The Bertz CT molecular complexity index is 821. The lowest BCUT2D eigenvalue weighted by Crippen LogP contribution is -2.73. The highest BCUT2D eigenvalue weighted by molar-refractivity contribution is 8.78. The van der Waals surface area contributed by atoms with Gasteiger partial charge in [-0.1, -0.05) is 27.7 Å². The summed E-state index contributed by atoms with van der Waals surface area (Å²) >= 11 is 0. The van der Waals surface area contributed by atoms with Gasteiger partial charge in [0.05, 0.1) is 18.6 Å². The van der Waals surface area contributed by atoms with Gasteiger partial charge in [0.1, 0.15) is 0 Å². The maximum Gasteiger partial charge on any atom is 0.314 e. The Balaban J connectivity index is 1.96. The van der Waals surface area contributed by atoms with Gasteiger partial charge in [-0.15, -0.1) is 0 Å². The van der Waals surface area contributed by atoms with E-state index in [9.17, 15) is 14.4 Å². The molecule has 0 N–H and O–H groups in total. The minimum absolute atomic E-state index is 0.148. The van der Waals surface area contributed by atoms with Crippen LogP contribution in [0, 0.1) is 5.41 Å². The molecule has 0 saturated carbocycles. The number of hydrogen-bond donors (Lipinski definition) is 0. The number of methoxy groups -OCH3 is 1. The molecule has 0 aliphatic carbocycles. The first kappa shape index (κ1) is 17.7. The zero-order valence-corrected chi connectivity index (χ0v) is 16.5. The van der Waals surface area contributed by atoms with Crippen LogP contribution in [0.3, 0.4) is 0 Å². The van der Waals surface area contributed by atoms with Gasteiger partial charge in [0, 0.05) is 25.9 Å². The van der Waals surface area contributed by atoms with E-state index in [1.54, 1.807) is 44.3 Å². The number of likely N-dealkylation sites (N-methyl/N-ethyl adjacent to an activating group) is 1. The summed E-state index contributed by atoms with van der Waals surface area (Å²) in [4.78, 5) is 44.7. The first-order valence-electron chi connectivity index (χ1n) is 8.19. The molecule has 1 spiro atoms. The number of rotatable bonds is 2. The van der Waals surface area contributed by atoms with Gasteiger partial charge in [-0.05, 0) is 25.5 Å². The van der Waals surface area contributed by atoms with Crippen molar-refractivity contribution in [2.45, 2.75) is 36.1 Å². The minimum Gasteiger partial charge on any atom is -0.469 e. The fraction of sp³-hybridized carbons (Fsp3) is 0.529. The second kappa shape index (κ2) is 5.39. The normalized spacial score (nSPS) is 38.5. The van der Waals surface area contributed by atoms with Crippen molar-refractivity contribution >= 4 is 39.4 Å². The van der Waals surface area contributed by atoms with E-state index in [4.69, 9.17) is 4.74 Å². The van der Waals surface area contributed by atoms with E-state index in [-0.39, 0.29) is 18.2 Å². The van der Waals surface area contributed by atoms with E-state index < -0.39 is 27.2 Å². The molecule has 2 unspecified atom stereocenters. The molecule has 9 heteroatoms. The Morgan fingerprint density at radius 1 is 1.31 bits per heavy atom. The second-order valence-electron chi connectivity index (χ2n) is 7.25. The van der Waals surface area contributed by atoms with Gasteiger partial charge in [0.15, 0.2) is 9.74 Å². The van der Waals surface area contributed by atoms with Gasteiger partial charge in [-0.3, -0.25) is 19.4 Å². The summed E-state index contributed by atoms with van der Waals surface area (Å²) in [7, 11) is 5.74. The lowest BCUT2D eigenvalue weighted by molar-refractivity contribution is -0.165. The zero-order chi connectivity index (χ0) is 18.9. The van der Waals surface area contributed by atoms with Crippen LogP contribution in [0.25, 0.3) is 0 Å². The largest absolute Gasteiger partial charge is 0.469 e. The molecule has 4 atom stereocenters. The SMILES string of the molecule is COC(=O)[C@@]1(C)C[C@@]23SSC(C)(C(=O)N2C1c1cccnc1)N(C)C3=O. The summed E-state index contributed by atoms with van der Waals surface area (Å²) in [5.41, 5.74) is -0.324. The van der Waals surface area contributed by atoms with Crippen molar-refractivity contribution in [3.05, 3.63) is 30.1 Å². The van der Waals surface area contributed by atoms with Crippen LogP contribution in [0.5, 0.6) is 0 Å². The van der Waals surface area contributed by atoms with Crippen LogP contribution in [0.4, 0.5) is 0 Å². The van der Waals surface area contributed by atoms with Crippen LogP contribution >= 0.6 is 21.6 Å². The number of carbonyl (C=O) groups excluding carboxylic acids is 3. The summed E-state index contributed by atoms with van der Waals surface area (Å²) < 4.78 is 5.08. The first-order valence-corrected chi connectivity index (χ1v) is 10.3. The van der Waals surface area contributed by atoms with E-state index in [1.807, 2.05) is 6.07 Å². The average Bonchev–Trinajstić information content (AvgIpc) is 2.93. The van der Waals surface area contributed by atoms with Crippen LogP contribution in [0.1, 0.15) is 31.9 Å². The number of ether oxygens (including phenoxy) is 1. The van der Waals surface area contributed by atoms with Crippen molar-refractivity contribution in [1.82, 2.24) is 14.8 Å². The molecule has 4 aliphatic heterocycles. The number of carbonyl (C=O) groups is 3. The standard InChI is InChI=1S/C17H19N3O4S2/c1-15(14(23)24-4)9-17-13(22)19(3)16(2,25-26-17)12(21)20(17)11(15)10-6-5-7-18-8-10/h5-8,11H,9H2,1-4H3/t11?,15-,16?,17-/m0/s1. The van der Waals surface area contributed by atoms with Crippen LogP contribution in [0.15, 0.2) is 24.5 Å². The molecule has 1 aromatic rings. The number of aromatic nitrogens is 1. The van der Waals surface area contributed by atoms with Crippen molar-refractivity contribution in [3.63, 3.8) is 0 Å². The highest BCUT2D eigenvalue weighted by atomic mass is 33.1. The van der Waals surface area contributed by atoms with Crippen molar-refractivity contribution in [1.29, 1.82) is 0 Å². The Labute approximate surface area is 159 Å². The fourth-order valence-electron chi connectivity index (χ4n) is 4.27. The molecule has 7 nitrogen and oxygen atoms in total. The Morgan fingerprint density at radius 3 is 2.65 bits per heavy atom. The highest BCUT2D eigenvalue weighted by Crippen LogP contribution is 2.69. The third-order valence-corrected chi connectivity index (χ3v) is 9.44. The van der Waals surface area contributed by atoms with Gasteiger partial charge >= 0.3 is 5.97 Å². The van der Waals surface area contributed by atoms with Gasteiger partial charge in [0.2, 0.25) is 0 Å². The molecular formula is C17H19N3O4S2. The molecule has 138 valence electrons. The third-order valence-electron chi connectivity index (χ3n) is 5.75. The van der Waals surface area contributed by atoms with Crippen molar-refractivity contribution in [2.24, 2.45) is 5.41 Å². The monoisotopic (exact) mass is 393 g/mol. The summed E-state index contributed by atoms with van der Waals surface area (Å²) in [5, 5.41) is 0. The van der Waals surface area contributed by atoms with E-state index in [2.05, 4.69) is 4.98 Å². The average molecular weight is 393 g/mol. The molecule has 4 fully saturated rings. The van der Waals surface area contributed by atoms with Gasteiger partial charge in [-0.25, -0.2) is 0 Å². The first-order chi connectivity index (χ1) is 12.2. The molecule has 0 radical (unpaired) electrons. The van der Waals surface area contributed by atoms with Crippen molar-refractivity contribution in [3.8, 4) is 0 Å². The maximum atomic E-state index is 13.4.